The number of hydrogen-bond donors (Lipinski definition) is 4. The molecule has 2 unspecified atom stereocenters. The van der Waals surface area contributed by atoms with Gasteiger partial charge in [0, 0.05) is 0 Å². The fourth-order valence-electron chi connectivity index (χ4n) is 0.751. The summed E-state index contributed by atoms with van der Waals surface area (Å²) in [7, 11) is 0. The van der Waals surface area contributed by atoms with E-state index in [9.17, 15) is 4.79 Å². The third kappa shape index (κ3) is 4.01. The van der Waals surface area contributed by atoms with Crippen molar-refractivity contribution in [1.82, 2.24) is 0 Å². The van der Waals surface area contributed by atoms with Crippen LogP contribution in [0, 0.1) is 0 Å². The second-order valence-corrected chi connectivity index (χ2v) is 3.57. The first-order chi connectivity index (χ1) is 6.31. The number of aliphatic hydroxyl groups excluding tert-OH is 2. The molecule has 0 aliphatic carbocycles. The number of rotatable bonds is 6. The third-order valence-electron chi connectivity index (χ3n) is 1.87. The molecule has 0 aromatic rings. The van der Waals surface area contributed by atoms with E-state index >= 15 is 0 Å². The highest BCUT2D eigenvalue weighted by molar-refractivity contribution is 5.74. The first-order valence-corrected chi connectivity index (χ1v) is 4.22. The minimum Gasteiger partial charge on any atom is -0.480 e. The van der Waals surface area contributed by atoms with Gasteiger partial charge in [0.1, 0.15) is 12.1 Å². The maximum absolute atomic E-state index is 10.5. The van der Waals surface area contributed by atoms with Gasteiger partial charge in [-0.05, 0) is 13.8 Å². The average molecular weight is 207 g/mol. The van der Waals surface area contributed by atoms with E-state index in [0.29, 0.717) is 0 Å². The zero-order valence-corrected chi connectivity index (χ0v) is 8.30. The molecule has 6 nitrogen and oxygen atoms in total. The zero-order chi connectivity index (χ0) is 11.4. The van der Waals surface area contributed by atoms with Gasteiger partial charge in [0.15, 0.2) is 0 Å². The predicted molar refractivity (Wildman–Crippen MR) is 48.7 cm³/mol. The summed E-state index contributed by atoms with van der Waals surface area (Å²) >= 11 is 0. The summed E-state index contributed by atoms with van der Waals surface area (Å²) < 4.78 is 5.09. The van der Waals surface area contributed by atoms with E-state index in [0.717, 1.165) is 0 Å². The van der Waals surface area contributed by atoms with Gasteiger partial charge in [-0.15, -0.1) is 0 Å². The first-order valence-electron chi connectivity index (χ1n) is 4.22. The lowest BCUT2D eigenvalue weighted by Gasteiger charge is -2.29. The largest absolute Gasteiger partial charge is 0.480 e. The highest BCUT2D eigenvalue weighted by Crippen LogP contribution is 2.13. The molecule has 5 N–H and O–H groups in total. The quantitative estimate of drug-likeness (QED) is 0.423. The SMILES string of the molecule is CC(C)(OCC(O)CO)C(N)C(=O)O. The third-order valence-corrected chi connectivity index (χ3v) is 1.87. The molecule has 2 atom stereocenters. The number of carboxylic acid groups (broad SMARTS) is 1. The van der Waals surface area contributed by atoms with Crippen LogP contribution in [0.15, 0.2) is 0 Å². The van der Waals surface area contributed by atoms with Crippen molar-refractivity contribution in [2.45, 2.75) is 31.6 Å². The van der Waals surface area contributed by atoms with E-state index < -0.39 is 30.3 Å². The lowest BCUT2D eigenvalue weighted by Crippen LogP contribution is -2.51. The van der Waals surface area contributed by atoms with Crippen molar-refractivity contribution < 1.29 is 24.9 Å². The molecule has 0 aromatic heterocycles. The lowest BCUT2D eigenvalue weighted by atomic mass is 10.00. The summed E-state index contributed by atoms with van der Waals surface area (Å²) in [5, 5.41) is 26.1. The fraction of sp³-hybridized carbons (Fsp3) is 0.875. The van der Waals surface area contributed by atoms with Crippen molar-refractivity contribution in [3.05, 3.63) is 0 Å². The molecule has 0 heterocycles. The van der Waals surface area contributed by atoms with Crippen molar-refractivity contribution >= 4 is 5.97 Å². The summed E-state index contributed by atoms with van der Waals surface area (Å²) in [5.41, 5.74) is 4.27. The molecule has 0 saturated carbocycles. The van der Waals surface area contributed by atoms with Gasteiger partial charge < -0.3 is 25.8 Å². The van der Waals surface area contributed by atoms with Crippen molar-refractivity contribution in [3.63, 3.8) is 0 Å². The Labute approximate surface area is 82.3 Å². The molecule has 0 bridgehead atoms. The molecule has 0 aliphatic rings. The molecule has 0 amide bonds. The highest BCUT2D eigenvalue weighted by Gasteiger charge is 2.33. The normalized spacial score (nSPS) is 16.4. The lowest BCUT2D eigenvalue weighted by molar-refractivity contribution is -0.149. The minimum atomic E-state index is -1.17. The van der Waals surface area contributed by atoms with E-state index in [1.807, 2.05) is 0 Å². The Balaban J connectivity index is 4.13. The Morgan fingerprint density at radius 3 is 2.43 bits per heavy atom. The Morgan fingerprint density at radius 1 is 1.57 bits per heavy atom. The van der Waals surface area contributed by atoms with Crippen LogP contribution in [0.3, 0.4) is 0 Å². The maximum atomic E-state index is 10.5. The van der Waals surface area contributed by atoms with Gasteiger partial charge >= 0.3 is 5.97 Å². The average Bonchev–Trinajstić information content (AvgIpc) is 2.12. The minimum absolute atomic E-state index is 0.148. The second-order valence-electron chi connectivity index (χ2n) is 3.57. The van der Waals surface area contributed by atoms with Crippen molar-refractivity contribution in [2.75, 3.05) is 13.2 Å². The molecule has 6 heteroatoms. The number of nitrogens with two attached hydrogens (primary N) is 1. The van der Waals surface area contributed by atoms with Crippen LogP contribution in [0.4, 0.5) is 0 Å². The number of aliphatic carboxylic acids is 1. The van der Waals surface area contributed by atoms with Gasteiger partial charge in [0.25, 0.3) is 0 Å². The highest BCUT2D eigenvalue weighted by atomic mass is 16.5. The number of hydrogen-bond acceptors (Lipinski definition) is 5. The standard InChI is InChI=1S/C8H17NO5/c1-8(2,6(9)7(12)13)14-4-5(11)3-10/h5-6,10-11H,3-4,9H2,1-2H3,(H,12,13). The Kier molecular flexibility index (Phi) is 5.00. The maximum Gasteiger partial charge on any atom is 0.323 e. The van der Waals surface area contributed by atoms with E-state index in [4.69, 9.17) is 25.8 Å². The van der Waals surface area contributed by atoms with Crippen molar-refractivity contribution in [3.8, 4) is 0 Å². The van der Waals surface area contributed by atoms with Crippen molar-refractivity contribution in [2.24, 2.45) is 5.73 Å². The van der Waals surface area contributed by atoms with Crippen LogP contribution in [0.2, 0.25) is 0 Å². The number of carboxylic acids is 1. The van der Waals surface area contributed by atoms with Crippen LogP contribution >= 0.6 is 0 Å². The van der Waals surface area contributed by atoms with Crippen LogP contribution < -0.4 is 5.73 Å². The first kappa shape index (κ1) is 13.3. The van der Waals surface area contributed by atoms with Crippen LogP contribution in [0.25, 0.3) is 0 Å². The topological polar surface area (TPSA) is 113 Å². The van der Waals surface area contributed by atoms with E-state index in [-0.39, 0.29) is 6.61 Å². The molecule has 84 valence electrons. The van der Waals surface area contributed by atoms with Gasteiger partial charge in [0.05, 0.1) is 18.8 Å². The van der Waals surface area contributed by atoms with Crippen LogP contribution in [-0.4, -0.2) is 52.2 Å². The predicted octanol–water partition coefficient (Wildman–Crippen LogP) is -1.45. The molecule has 0 aromatic carbocycles. The Hall–Kier alpha value is -0.690. The smallest absolute Gasteiger partial charge is 0.323 e. The molecule has 0 radical (unpaired) electrons. The number of ether oxygens (including phenoxy) is 1. The Morgan fingerprint density at radius 2 is 2.07 bits per heavy atom. The van der Waals surface area contributed by atoms with Gasteiger partial charge in [-0.3, -0.25) is 4.79 Å². The van der Waals surface area contributed by atoms with Crippen molar-refractivity contribution in [1.29, 1.82) is 0 Å². The monoisotopic (exact) mass is 207 g/mol. The summed E-state index contributed by atoms with van der Waals surface area (Å²) in [4.78, 5) is 10.5. The van der Waals surface area contributed by atoms with E-state index in [1.165, 1.54) is 13.8 Å². The fourth-order valence-corrected chi connectivity index (χ4v) is 0.751. The molecular formula is C8H17NO5. The summed E-state index contributed by atoms with van der Waals surface area (Å²) in [5.74, 6) is -1.17. The van der Waals surface area contributed by atoms with Gasteiger partial charge in [-0.25, -0.2) is 0 Å². The molecule has 14 heavy (non-hydrogen) atoms. The van der Waals surface area contributed by atoms with Gasteiger partial charge in [-0.2, -0.15) is 0 Å². The van der Waals surface area contributed by atoms with E-state index in [2.05, 4.69) is 0 Å². The Bertz CT molecular complexity index is 194. The van der Waals surface area contributed by atoms with Gasteiger partial charge in [0.2, 0.25) is 0 Å². The number of carbonyl (C=O) groups is 1. The molecule has 0 saturated heterocycles. The van der Waals surface area contributed by atoms with Crippen LogP contribution in [-0.2, 0) is 9.53 Å². The summed E-state index contributed by atoms with van der Waals surface area (Å²) in [6, 6.07) is -1.17. The summed E-state index contributed by atoms with van der Waals surface area (Å²) in [6.07, 6.45) is -1.02. The molecule has 0 fully saturated rings. The second kappa shape index (κ2) is 5.26. The van der Waals surface area contributed by atoms with Crippen LogP contribution in [0.5, 0.6) is 0 Å². The summed E-state index contributed by atoms with van der Waals surface area (Å²) in [6.45, 7) is 2.44. The zero-order valence-electron chi connectivity index (χ0n) is 8.30. The molecular weight excluding hydrogens is 190 g/mol. The number of aliphatic hydroxyl groups is 2. The molecule has 0 aliphatic heterocycles. The van der Waals surface area contributed by atoms with Crippen LogP contribution in [0.1, 0.15) is 13.8 Å². The van der Waals surface area contributed by atoms with E-state index in [1.54, 1.807) is 0 Å². The molecule has 0 rings (SSSR count). The van der Waals surface area contributed by atoms with Gasteiger partial charge in [-0.1, -0.05) is 0 Å². The molecule has 0 spiro atoms.